The van der Waals surface area contributed by atoms with Crippen LogP contribution in [0.15, 0.2) is 121 Å². The average molecular weight is 635 g/mol. The van der Waals surface area contributed by atoms with Gasteiger partial charge >= 0.3 is 0 Å². The molecule has 0 radical (unpaired) electrons. The van der Waals surface area contributed by atoms with E-state index in [0.717, 1.165) is 57.4 Å². The summed E-state index contributed by atoms with van der Waals surface area (Å²) in [7, 11) is 0. The van der Waals surface area contributed by atoms with E-state index in [-0.39, 0.29) is 17.2 Å². The van der Waals surface area contributed by atoms with E-state index in [4.69, 9.17) is 5.41 Å². The predicted octanol–water partition coefficient (Wildman–Crippen LogP) is 5.63. The fourth-order valence-electron chi connectivity index (χ4n) is 6.66. The highest BCUT2D eigenvalue weighted by Gasteiger charge is 2.36. The van der Waals surface area contributed by atoms with Crippen molar-refractivity contribution < 1.29 is 14.9 Å². The third kappa shape index (κ3) is 9.07. The van der Waals surface area contributed by atoms with E-state index in [1.807, 2.05) is 30.5 Å². The standard InChI is InChI=1S/C40H51N5O2/c1-6-33-34(39(33)45(8-3)27-10-9-24-43-26-25-42-5)19-22-37(46)36(41)21-14-29-13-20-35-30(28-29)12-11-23-40(35,4)31-15-17-32(18-16-31)44-38(47)7-2/h6-7,11-13,15-20,22,25-26,29,33,37,41,43,46H,1-2,5,8-10,14,21,23-24,27-28H2,3-4H3,(H,44,47)/p+1/b22-19+,26-25-,41-36?/t29?,33-,37?,40+/m1/s1. The number of allylic oxidation sites excluding steroid dienone is 9. The molecule has 1 aromatic rings. The molecule has 3 aliphatic carbocycles. The van der Waals surface area contributed by atoms with Gasteiger partial charge in [-0.2, -0.15) is 0 Å². The highest BCUT2D eigenvalue weighted by Crippen LogP contribution is 2.46. The minimum Gasteiger partial charge on any atom is -0.386 e. The van der Waals surface area contributed by atoms with E-state index in [9.17, 15) is 9.90 Å². The Bertz CT molecular complexity index is 1510. The number of hydrogen-bond donors (Lipinski definition) is 5. The summed E-state index contributed by atoms with van der Waals surface area (Å²) in [6, 6.07) is 8.09. The van der Waals surface area contributed by atoms with Gasteiger partial charge in [0.15, 0.2) is 6.20 Å². The number of benzene rings is 1. The van der Waals surface area contributed by atoms with Crippen molar-refractivity contribution in [3.05, 3.63) is 126 Å². The summed E-state index contributed by atoms with van der Waals surface area (Å²) >= 11 is 0. The summed E-state index contributed by atoms with van der Waals surface area (Å²) < 4.78 is 0. The first kappa shape index (κ1) is 35.4. The molecule has 0 spiro atoms. The van der Waals surface area contributed by atoms with Gasteiger partial charge in [0.2, 0.25) is 5.91 Å². The molecule has 0 fully saturated rings. The van der Waals surface area contributed by atoms with Crippen molar-refractivity contribution in [3.63, 3.8) is 0 Å². The minimum absolute atomic E-state index is 0.147. The lowest BCUT2D eigenvalue weighted by Gasteiger charge is -2.38. The van der Waals surface area contributed by atoms with Crippen molar-refractivity contribution in [3.8, 4) is 0 Å². The summed E-state index contributed by atoms with van der Waals surface area (Å²) in [5.41, 5.74) is 7.32. The van der Waals surface area contributed by atoms with Crippen molar-refractivity contribution in [2.24, 2.45) is 11.8 Å². The lowest BCUT2D eigenvalue weighted by molar-refractivity contribution is -0.361. The Kier molecular flexibility index (Phi) is 12.7. The van der Waals surface area contributed by atoms with Crippen LogP contribution >= 0.6 is 0 Å². The quantitative estimate of drug-likeness (QED) is 0.0589. The van der Waals surface area contributed by atoms with E-state index >= 15 is 0 Å². The second-order valence-corrected chi connectivity index (χ2v) is 12.7. The van der Waals surface area contributed by atoms with Gasteiger partial charge in [0.25, 0.3) is 0 Å². The van der Waals surface area contributed by atoms with Crippen LogP contribution in [0.5, 0.6) is 0 Å². The highest BCUT2D eigenvalue weighted by atomic mass is 16.3. The molecule has 3 aliphatic rings. The summed E-state index contributed by atoms with van der Waals surface area (Å²) in [5, 5.41) is 25.5. The molecule has 1 amide bonds. The molecule has 248 valence electrons. The number of rotatable bonds is 19. The molecule has 4 rings (SSSR count). The molecule has 0 aromatic heterocycles. The number of nitrogens with one attached hydrogen (secondary N) is 4. The molecule has 7 nitrogen and oxygen atoms in total. The molecule has 2 unspecified atom stereocenters. The number of carbonyl (C=O) groups excluding carboxylic acids is 1. The maximum atomic E-state index is 11.7. The van der Waals surface area contributed by atoms with Crippen molar-refractivity contribution in [2.45, 2.75) is 63.9 Å². The average Bonchev–Trinajstić information content (AvgIpc) is 3.80. The molecule has 5 N–H and O–H groups in total. The largest absolute Gasteiger partial charge is 0.386 e. The Morgan fingerprint density at radius 1 is 1.23 bits per heavy atom. The van der Waals surface area contributed by atoms with Gasteiger partial charge in [-0.25, -0.2) is 4.99 Å². The summed E-state index contributed by atoms with van der Waals surface area (Å²) in [5.74, 6) is 0.322. The van der Waals surface area contributed by atoms with Gasteiger partial charge < -0.3 is 26.0 Å². The molecule has 0 saturated carbocycles. The Hall–Kier alpha value is -4.49. The number of nitrogens with zero attached hydrogens (tertiary/aromatic N) is 1. The number of anilines is 1. The number of hydrogen-bond acceptors (Lipinski definition) is 5. The summed E-state index contributed by atoms with van der Waals surface area (Å²) in [6.07, 6.45) is 24.2. The van der Waals surface area contributed by atoms with Crippen LogP contribution in [-0.2, 0) is 10.2 Å². The molecule has 47 heavy (non-hydrogen) atoms. The van der Waals surface area contributed by atoms with Gasteiger partial charge in [-0.05, 0) is 91.9 Å². The second-order valence-electron chi connectivity index (χ2n) is 12.7. The van der Waals surface area contributed by atoms with Crippen LogP contribution in [0, 0.1) is 17.2 Å². The van der Waals surface area contributed by atoms with Gasteiger partial charge in [0, 0.05) is 48.1 Å². The summed E-state index contributed by atoms with van der Waals surface area (Å²) in [6.45, 7) is 18.4. The maximum absolute atomic E-state index is 11.7. The molecular formula is C40H52N5O2+. The lowest BCUT2D eigenvalue weighted by Crippen LogP contribution is -2.57. The Morgan fingerprint density at radius 2 is 2.02 bits per heavy atom. The summed E-state index contributed by atoms with van der Waals surface area (Å²) in [4.78, 5) is 16.8. The first-order valence-corrected chi connectivity index (χ1v) is 16.8. The van der Waals surface area contributed by atoms with E-state index in [2.05, 4.69) is 90.7 Å². The Labute approximate surface area is 281 Å². The van der Waals surface area contributed by atoms with Crippen LogP contribution < -0.4 is 15.6 Å². The zero-order chi connectivity index (χ0) is 33.8. The van der Waals surface area contributed by atoms with Gasteiger partial charge in [-0.15, -0.1) is 6.58 Å². The number of aliphatic hydroxyl groups is 1. The molecule has 7 heteroatoms. The monoisotopic (exact) mass is 634 g/mol. The van der Waals surface area contributed by atoms with Crippen LogP contribution in [0.1, 0.15) is 57.9 Å². The number of carbonyl (C=O) groups is 1. The predicted molar refractivity (Wildman–Crippen MR) is 195 cm³/mol. The zero-order valence-corrected chi connectivity index (χ0v) is 28.1. The van der Waals surface area contributed by atoms with E-state index in [0.29, 0.717) is 18.1 Å². The number of aliphatic hydroxyl groups excluding tert-OH is 1. The number of amides is 1. The van der Waals surface area contributed by atoms with Crippen LogP contribution in [0.2, 0.25) is 0 Å². The van der Waals surface area contributed by atoms with Crippen molar-refractivity contribution in [2.75, 3.05) is 25.0 Å². The first-order chi connectivity index (χ1) is 22.7. The minimum atomic E-state index is -0.892. The SMILES string of the molecule is C=CC(=O)Nc1ccc([C@]2(C)CC=CC3=C2C=CC(CCC(=N)C(O)/C=C/C2=C(N(CC)CCCCN/C=C\[NH+]=C)[C@@H]2C=C)C3)cc1. The molecule has 0 aliphatic heterocycles. The topological polar surface area (TPSA) is 102 Å². The third-order valence-electron chi connectivity index (χ3n) is 9.50. The molecule has 0 bridgehead atoms. The highest BCUT2D eigenvalue weighted by molar-refractivity contribution is 5.98. The second kappa shape index (κ2) is 16.9. The van der Waals surface area contributed by atoms with E-state index in [1.54, 1.807) is 12.3 Å². The maximum Gasteiger partial charge on any atom is 0.247 e. The normalized spacial score (nSPS) is 22.3. The molecule has 1 aromatic carbocycles. The van der Waals surface area contributed by atoms with Crippen molar-refractivity contribution in [1.82, 2.24) is 10.2 Å². The lowest BCUT2D eigenvalue weighted by atomic mass is 9.66. The molecular weight excluding hydrogens is 582 g/mol. The van der Waals surface area contributed by atoms with E-state index in [1.165, 1.54) is 34.1 Å². The number of unbranched alkanes of at least 4 members (excludes halogenated alkanes) is 1. The van der Waals surface area contributed by atoms with Gasteiger partial charge in [-0.3, -0.25) is 4.79 Å². The van der Waals surface area contributed by atoms with Crippen LogP contribution in [0.3, 0.4) is 0 Å². The fourth-order valence-corrected chi connectivity index (χ4v) is 6.66. The van der Waals surface area contributed by atoms with E-state index < -0.39 is 6.10 Å². The van der Waals surface area contributed by atoms with Crippen molar-refractivity contribution >= 4 is 24.0 Å². The fraction of sp³-hybridized carbons (Fsp3) is 0.375. The smallest absolute Gasteiger partial charge is 0.247 e. The first-order valence-electron chi connectivity index (χ1n) is 16.8. The Morgan fingerprint density at radius 3 is 2.72 bits per heavy atom. The van der Waals surface area contributed by atoms with Crippen LogP contribution in [0.25, 0.3) is 0 Å². The molecule has 0 heterocycles. The van der Waals surface area contributed by atoms with Crippen LogP contribution in [-0.4, -0.2) is 54.1 Å². The molecule has 4 atom stereocenters. The third-order valence-corrected chi connectivity index (χ3v) is 9.50. The van der Waals surface area contributed by atoms with Gasteiger partial charge in [-0.1, -0.05) is 68.2 Å². The zero-order valence-electron chi connectivity index (χ0n) is 28.1. The van der Waals surface area contributed by atoms with Crippen molar-refractivity contribution in [1.29, 1.82) is 5.41 Å². The van der Waals surface area contributed by atoms with Gasteiger partial charge in [0.05, 0.1) is 6.20 Å². The Balaban J connectivity index is 1.28. The van der Waals surface area contributed by atoms with Gasteiger partial charge in [0.1, 0.15) is 12.8 Å². The molecule has 0 saturated heterocycles. The van der Waals surface area contributed by atoms with Crippen LogP contribution in [0.4, 0.5) is 5.69 Å².